The number of piperidine rings is 1. The van der Waals surface area contributed by atoms with E-state index in [4.69, 9.17) is 23.2 Å². The summed E-state index contributed by atoms with van der Waals surface area (Å²) in [5.41, 5.74) is 0. The van der Waals surface area contributed by atoms with Crippen LogP contribution in [0.4, 0.5) is 5.82 Å². The summed E-state index contributed by atoms with van der Waals surface area (Å²) in [6, 6.07) is 7.26. The number of sulfonamides is 1. The van der Waals surface area contributed by atoms with Crippen LogP contribution in [0, 0.1) is 5.92 Å². The van der Waals surface area contributed by atoms with Crippen LogP contribution in [-0.2, 0) is 14.8 Å². The van der Waals surface area contributed by atoms with Gasteiger partial charge in [-0.05, 0) is 43.2 Å². The second-order valence-corrected chi connectivity index (χ2v) is 8.86. The lowest BCUT2D eigenvalue weighted by Crippen LogP contribution is -2.41. The van der Waals surface area contributed by atoms with Crippen molar-refractivity contribution in [2.24, 2.45) is 5.92 Å². The molecule has 1 amide bonds. The molecule has 0 unspecified atom stereocenters. The predicted octanol–water partition coefficient (Wildman–Crippen LogP) is 3.13. The number of hydrogen-bond donors (Lipinski definition) is 2. The number of rotatable bonds is 4. The van der Waals surface area contributed by atoms with Crippen LogP contribution in [0.25, 0.3) is 0 Å². The van der Waals surface area contributed by atoms with Crippen molar-refractivity contribution in [2.45, 2.75) is 17.7 Å². The third-order valence-corrected chi connectivity index (χ3v) is 6.98. The fourth-order valence-electron chi connectivity index (χ4n) is 2.88. The molecule has 1 saturated heterocycles. The van der Waals surface area contributed by atoms with Crippen LogP contribution in [0.1, 0.15) is 12.8 Å². The Morgan fingerprint density at radius 3 is 2.59 bits per heavy atom. The molecule has 0 aliphatic carbocycles. The van der Waals surface area contributed by atoms with E-state index in [0.29, 0.717) is 12.8 Å². The molecule has 1 aromatic heterocycles. The van der Waals surface area contributed by atoms with Crippen molar-refractivity contribution in [3.05, 3.63) is 46.6 Å². The van der Waals surface area contributed by atoms with Crippen molar-refractivity contribution in [1.29, 1.82) is 0 Å². The summed E-state index contributed by atoms with van der Waals surface area (Å²) in [5, 5.41) is 12.6. The average molecular weight is 430 g/mol. The van der Waals surface area contributed by atoms with Crippen LogP contribution in [0.2, 0.25) is 10.0 Å². The molecule has 2 N–H and O–H groups in total. The summed E-state index contributed by atoms with van der Waals surface area (Å²) < 4.78 is 26.9. The van der Waals surface area contributed by atoms with Gasteiger partial charge in [-0.1, -0.05) is 23.2 Å². The molecule has 144 valence electrons. The van der Waals surface area contributed by atoms with E-state index in [9.17, 15) is 18.3 Å². The molecule has 0 saturated carbocycles. The van der Waals surface area contributed by atoms with Crippen molar-refractivity contribution >= 4 is 45.0 Å². The minimum absolute atomic E-state index is 0.0435. The summed E-state index contributed by atoms with van der Waals surface area (Å²) in [6.07, 6.45) is 2.15. The molecule has 10 heteroatoms. The standard InChI is InChI=1S/C17H17Cl2N3O4S/c18-12-3-4-13(19)15(10-12)27(25,26)22-8-5-11(6-9-22)17(24)21-16-14(23)2-1-7-20-16/h1-4,7,10-11,23H,5-6,8-9H2,(H,20,21,24). The SMILES string of the molecule is O=C(Nc1ncccc1O)C1CCN(S(=O)(=O)c2cc(Cl)ccc2Cl)CC1. The van der Waals surface area contributed by atoms with E-state index in [1.165, 1.54) is 34.8 Å². The molecule has 2 heterocycles. The van der Waals surface area contributed by atoms with Gasteiger partial charge in [0.1, 0.15) is 4.90 Å². The lowest BCUT2D eigenvalue weighted by molar-refractivity contribution is -0.120. The zero-order valence-electron chi connectivity index (χ0n) is 14.1. The molecule has 7 nitrogen and oxygen atoms in total. The second-order valence-electron chi connectivity index (χ2n) is 6.11. The van der Waals surface area contributed by atoms with E-state index >= 15 is 0 Å². The maximum Gasteiger partial charge on any atom is 0.244 e. The lowest BCUT2D eigenvalue weighted by Gasteiger charge is -2.30. The Hall–Kier alpha value is -1.87. The molecule has 1 aliphatic rings. The summed E-state index contributed by atoms with van der Waals surface area (Å²) >= 11 is 11.9. The van der Waals surface area contributed by atoms with Crippen molar-refractivity contribution < 1.29 is 18.3 Å². The number of aromatic hydroxyl groups is 1. The van der Waals surface area contributed by atoms with Crippen LogP contribution < -0.4 is 5.32 Å². The Bertz CT molecular complexity index is 960. The number of pyridine rings is 1. The van der Waals surface area contributed by atoms with Gasteiger partial charge < -0.3 is 10.4 Å². The van der Waals surface area contributed by atoms with Crippen LogP contribution >= 0.6 is 23.2 Å². The molecule has 0 spiro atoms. The molecule has 27 heavy (non-hydrogen) atoms. The van der Waals surface area contributed by atoms with Crippen molar-refractivity contribution in [3.63, 3.8) is 0 Å². The topological polar surface area (TPSA) is 99.6 Å². The smallest absolute Gasteiger partial charge is 0.244 e. The minimum atomic E-state index is -3.80. The number of benzene rings is 1. The first-order chi connectivity index (χ1) is 12.8. The van der Waals surface area contributed by atoms with Crippen LogP contribution in [0.3, 0.4) is 0 Å². The van der Waals surface area contributed by atoms with Gasteiger partial charge in [0, 0.05) is 30.2 Å². The van der Waals surface area contributed by atoms with Crippen molar-refractivity contribution in [1.82, 2.24) is 9.29 Å². The van der Waals surface area contributed by atoms with E-state index < -0.39 is 10.0 Å². The van der Waals surface area contributed by atoms with E-state index in [-0.39, 0.29) is 51.4 Å². The molecule has 1 fully saturated rings. The normalized spacial score (nSPS) is 16.2. The van der Waals surface area contributed by atoms with Gasteiger partial charge in [0.2, 0.25) is 15.9 Å². The number of nitrogens with one attached hydrogen (secondary N) is 1. The Kier molecular flexibility index (Phi) is 5.90. The highest BCUT2D eigenvalue weighted by atomic mass is 35.5. The van der Waals surface area contributed by atoms with Crippen LogP contribution in [0.15, 0.2) is 41.4 Å². The van der Waals surface area contributed by atoms with Gasteiger partial charge in [-0.25, -0.2) is 13.4 Å². The fraction of sp³-hybridized carbons (Fsp3) is 0.294. The molecule has 0 radical (unpaired) electrons. The Morgan fingerprint density at radius 1 is 1.22 bits per heavy atom. The van der Waals surface area contributed by atoms with Gasteiger partial charge in [-0.15, -0.1) is 0 Å². The highest BCUT2D eigenvalue weighted by Crippen LogP contribution is 2.31. The number of halogens is 2. The number of aromatic nitrogens is 1. The van der Waals surface area contributed by atoms with E-state index in [0.717, 1.165) is 0 Å². The number of anilines is 1. The summed E-state index contributed by atoms with van der Waals surface area (Å²) in [5.74, 6) is -0.723. The first-order valence-electron chi connectivity index (χ1n) is 8.19. The fourth-order valence-corrected chi connectivity index (χ4v) is 5.09. The molecule has 0 bridgehead atoms. The first-order valence-corrected chi connectivity index (χ1v) is 10.4. The maximum absolute atomic E-state index is 12.8. The number of carbonyl (C=O) groups excluding carboxylic acids is 1. The second kappa shape index (κ2) is 8.02. The monoisotopic (exact) mass is 429 g/mol. The maximum atomic E-state index is 12.8. The minimum Gasteiger partial charge on any atom is -0.504 e. The van der Waals surface area contributed by atoms with Gasteiger partial charge in [0.15, 0.2) is 11.6 Å². The van der Waals surface area contributed by atoms with Crippen LogP contribution in [-0.4, -0.2) is 41.8 Å². The Labute approximate surface area is 167 Å². The highest BCUT2D eigenvalue weighted by Gasteiger charge is 2.33. The summed E-state index contributed by atoms with van der Waals surface area (Å²) in [6.45, 7) is 0.356. The van der Waals surface area contributed by atoms with E-state index in [2.05, 4.69) is 10.3 Å². The van der Waals surface area contributed by atoms with Crippen LogP contribution in [0.5, 0.6) is 5.75 Å². The first kappa shape index (κ1) is 19.9. The summed E-state index contributed by atoms with van der Waals surface area (Å²) in [7, 11) is -3.80. The largest absolute Gasteiger partial charge is 0.504 e. The molecule has 1 aliphatic heterocycles. The molecule has 1 aromatic carbocycles. The predicted molar refractivity (Wildman–Crippen MR) is 102 cm³/mol. The van der Waals surface area contributed by atoms with Gasteiger partial charge in [0.25, 0.3) is 0 Å². The van der Waals surface area contributed by atoms with E-state index in [1.54, 1.807) is 6.07 Å². The molecular weight excluding hydrogens is 413 g/mol. The molecule has 2 aromatic rings. The lowest BCUT2D eigenvalue weighted by atomic mass is 9.97. The van der Waals surface area contributed by atoms with Gasteiger partial charge in [-0.3, -0.25) is 4.79 Å². The zero-order valence-corrected chi connectivity index (χ0v) is 16.4. The summed E-state index contributed by atoms with van der Waals surface area (Å²) in [4.78, 5) is 16.2. The number of hydrogen-bond acceptors (Lipinski definition) is 5. The van der Waals surface area contributed by atoms with Gasteiger partial charge in [0.05, 0.1) is 5.02 Å². The molecular formula is C17H17Cl2N3O4S. The number of nitrogens with zero attached hydrogens (tertiary/aromatic N) is 2. The zero-order chi connectivity index (χ0) is 19.6. The molecule has 0 atom stereocenters. The van der Waals surface area contributed by atoms with E-state index in [1.807, 2.05) is 0 Å². The van der Waals surface area contributed by atoms with Crippen molar-refractivity contribution in [2.75, 3.05) is 18.4 Å². The Morgan fingerprint density at radius 2 is 1.93 bits per heavy atom. The Balaban J connectivity index is 1.67. The third kappa shape index (κ3) is 4.35. The van der Waals surface area contributed by atoms with Gasteiger partial charge in [-0.2, -0.15) is 4.31 Å². The third-order valence-electron chi connectivity index (χ3n) is 4.36. The molecule has 3 rings (SSSR count). The number of amides is 1. The van der Waals surface area contributed by atoms with Gasteiger partial charge >= 0.3 is 0 Å². The number of carbonyl (C=O) groups is 1. The average Bonchev–Trinajstić information content (AvgIpc) is 2.65. The van der Waals surface area contributed by atoms with Crippen molar-refractivity contribution in [3.8, 4) is 5.75 Å². The quantitative estimate of drug-likeness (QED) is 0.777. The highest BCUT2D eigenvalue weighted by molar-refractivity contribution is 7.89.